The maximum Gasteiger partial charge on any atom is 0.221 e. The Hall–Kier alpha value is -0.910. The van der Waals surface area contributed by atoms with Gasteiger partial charge in [0.05, 0.1) is 13.2 Å². The van der Waals surface area contributed by atoms with Crippen molar-refractivity contribution in [2.75, 3.05) is 26.3 Å². The van der Waals surface area contributed by atoms with E-state index in [-0.39, 0.29) is 11.9 Å². The van der Waals surface area contributed by atoms with E-state index in [9.17, 15) is 4.79 Å². The predicted molar refractivity (Wildman–Crippen MR) is 78.1 cm³/mol. The van der Waals surface area contributed by atoms with Gasteiger partial charge < -0.3 is 15.4 Å². The number of amides is 1. The van der Waals surface area contributed by atoms with E-state index in [4.69, 9.17) is 4.74 Å². The zero-order valence-corrected chi connectivity index (χ0v) is 12.4. The largest absolute Gasteiger partial charge is 0.378 e. The number of nitrogens with one attached hydrogen (secondary N) is 2. The Balaban J connectivity index is 1.66. The van der Waals surface area contributed by atoms with Crippen molar-refractivity contribution in [2.24, 2.45) is 0 Å². The zero-order valence-electron chi connectivity index (χ0n) is 10.8. The summed E-state index contributed by atoms with van der Waals surface area (Å²) >= 11 is 3.44. The standard InChI is InChI=1S/C14H19BrN2O2/c15-12-3-1-2-11(8-12)4-5-17-14(18)9-13-10-19-7-6-16-13/h1-3,8,13,16H,4-7,9-10H2,(H,17,18). The number of halogens is 1. The van der Waals surface area contributed by atoms with Gasteiger partial charge in [-0.3, -0.25) is 4.79 Å². The number of morpholine rings is 1. The van der Waals surface area contributed by atoms with Gasteiger partial charge in [0.25, 0.3) is 0 Å². The molecule has 1 fully saturated rings. The average Bonchev–Trinajstić information content (AvgIpc) is 2.40. The summed E-state index contributed by atoms with van der Waals surface area (Å²) in [5, 5.41) is 6.22. The minimum absolute atomic E-state index is 0.0815. The van der Waals surface area contributed by atoms with E-state index < -0.39 is 0 Å². The molecule has 0 aromatic heterocycles. The second-order valence-electron chi connectivity index (χ2n) is 4.66. The Morgan fingerprint density at radius 3 is 3.16 bits per heavy atom. The third-order valence-corrected chi connectivity index (χ3v) is 3.55. The predicted octanol–water partition coefficient (Wildman–Crippen LogP) is 1.49. The lowest BCUT2D eigenvalue weighted by atomic mass is 10.1. The lowest BCUT2D eigenvalue weighted by molar-refractivity contribution is -0.122. The maximum absolute atomic E-state index is 11.8. The van der Waals surface area contributed by atoms with E-state index in [1.807, 2.05) is 12.1 Å². The molecule has 1 aliphatic heterocycles. The third kappa shape index (κ3) is 5.30. The minimum Gasteiger partial charge on any atom is -0.378 e. The van der Waals surface area contributed by atoms with Crippen molar-refractivity contribution in [1.29, 1.82) is 0 Å². The van der Waals surface area contributed by atoms with Gasteiger partial charge >= 0.3 is 0 Å². The Kier molecular flexibility index (Phi) is 5.82. The minimum atomic E-state index is 0.0815. The molecule has 1 aromatic rings. The monoisotopic (exact) mass is 326 g/mol. The Bertz CT molecular complexity index is 420. The number of hydrogen-bond donors (Lipinski definition) is 2. The molecule has 0 saturated carbocycles. The fourth-order valence-electron chi connectivity index (χ4n) is 2.09. The highest BCUT2D eigenvalue weighted by Crippen LogP contribution is 2.11. The van der Waals surface area contributed by atoms with Crippen molar-refractivity contribution in [3.63, 3.8) is 0 Å². The van der Waals surface area contributed by atoms with Crippen LogP contribution in [0.15, 0.2) is 28.7 Å². The Morgan fingerprint density at radius 2 is 2.42 bits per heavy atom. The summed E-state index contributed by atoms with van der Waals surface area (Å²) in [6.45, 7) is 2.86. The molecule has 1 amide bonds. The number of benzene rings is 1. The maximum atomic E-state index is 11.8. The van der Waals surface area contributed by atoms with Crippen LogP contribution in [-0.2, 0) is 16.0 Å². The summed E-state index contributed by atoms with van der Waals surface area (Å²) in [6, 6.07) is 8.29. The molecular weight excluding hydrogens is 308 g/mol. The first-order valence-corrected chi connectivity index (χ1v) is 7.35. The molecular formula is C14H19BrN2O2. The fourth-order valence-corrected chi connectivity index (χ4v) is 2.53. The molecule has 19 heavy (non-hydrogen) atoms. The second-order valence-corrected chi connectivity index (χ2v) is 5.58. The van der Waals surface area contributed by atoms with E-state index in [1.54, 1.807) is 0 Å². The molecule has 2 N–H and O–H groups in total. The lowest BCUT2D eigenvalue weighted by Gasteiger charge is -2.23. The fraction of sp³-hybridized carbons (Fsp3) is 0.500. The van der Waals surface area contributed by atoms with Gasteiger partial charge in [-0.05, 0) is 24.1 Å². The lowest BCUT2D eigenvalue weighted by Crippen LogP contribution is -2.44. The first kappa shape index (κ1) is 14.5. The summed E-state index contributed by atoms with van der Waals surface area (Å²) in [7, 11) is 0. The van der Waals surface area contributed by atoms with Crippen LogP contribution in [0.2, 0.25) is 0 Å². The first-order chi connectivity index (χ1) is 9.24. The number of ether oxygens (including phenoxy) is 1. The highest BCUT2D eigenvalue weighted by molar-refractivity contribution is 9.10. The summed E-state index contributed by atoms with van der Waals surface area (Å²) in [4.78, 5) is 11.8. The van der Waals surface area contributed by atoms with Gasteiger partial charge in [0, 0.05) is 30.0 Å². The van der Waals surface area contributed by atoms with Gasteiger partial charge in [0.15, 0.2) is 0 Å². The summed E-state index contributed by atoms with van der Waals surface area (Å²) < 4.78 is 6.39. The molecule has 4 nitrogen and oxygen atoms in total. The van der Waals surface area contributed by atoms with Gasteiger partial charge in [-0.1, -0.05) is 28.1 Å². The molecule has 1 aliphatic rings. The topological polar surface area (TPSA) is 50.4 Å². The van der Waals surface area contributed by atoms with Crippen molar-refractivity contribution in [1.82, 2.24) is 10.6 Å². The van der Waals surface area contributed by atoms with Crippen LogP contribution < -0.4 is 10.6 Å². The second kappa shape index (κ2) is 7.62. The average molecular weight is 327 g/mol. The molecule has 104 valence electrons. The van der Waals surface area contributed by atoms with Crippen molar-refractivity contribution >= 4 is 21.8 Å². The summed E-state index contributed by atoms with van der Waals surface area (Å²) in [5.41, 5.74) is 1.22. The van der Waals surface area contributed by atoms with Crippen LogP contribution in [0.5, 0.6) is 0 Å². The number of hydrogen-bond acceptors (Lipinski definition) is 3. The van der Waals surface area contributed by atoms with Gasteiger partial charge in [-0.15, -0.1) is 0 Å². The normalized spacial score (nSPS) is 19.1. The third-order valence-electron chi connectivity index (χ3n) is 3.06. The van der Waals surface area contributed by atoms with Gasteiger partial charge in [0.1, 0.15) is 0 Å². The van der Waals surface area contributed by atoms with E-state index >= 15 is 0 Å². The van der Waals surface area contributed by atoms with Crippen molar-refractivity contribution in [3.8, 4) is 0 Å². The van der Waals surface area contributed by atoms with E-state index in [0.29, 0.717) is 19.6 Å². The SMILES string of the molecule is O=C(CC1COCCN1)NCCc1cccc(Br)c1. The molecule has 0 spiro atoms. The van der Waals surface area contributed by atoms with Gasteiger partial charge in [-0.25, -0.2) is 0 Å². The quantitative estimate of drug-likeness (QED) is 0.861. The summed E-state index contributed by atoms with van der Waals surface area (Å²) in [5.74, 6) is 0.0815. The molecule has 0 aliphatic carbocycles. The molecule has 1 unspecified atom stereocenters. The molecule has 1 saturated heterocycles. The molecule has 1 atom stereocenters. The van der Waals surface area contributed by atoms with Crippen LogP contribution in [0.3, 0.4) is 0 Å². The van der Waals surface area contributed by atoms with E-state index in [2.05, 4.69) is 38.7 Å². The molecule has 1 aromatic carbocycles. The van der Waals surface area contributed by atoms with Gasteiger partial charge in [-0.2, -0.15) is 0 Å². The first-order valence-electron chi connectivity index (χ1n) is 6.56. The van der Waals surface area contributed by atoms with E-state index in [1.165, 1.54) is 5.56 Å². The van der Waals surface area contributed by atoms with Crippen LogP contribution in [-0.4, -0.2) is 38.3 Å². The van der Waals surface area contributed by atoms with Crippen molar-refractivity contribution in [3.05, 3.63) is 34.3 Å². The van der Waals surface area contributed by atoms with E-state index in [0.717, 1.165) is 24.0 Å². The molecule has 1 heterocycles. The highest BCUT2D eigenvalue weighted by Gasteiger charge is 2.16. The molecule has 0 bridgehead atoms. The van der Waals surface area contributed by atoms with Crippen LogP contribution in [0.1, 0.15) is 12.0 Å². The van der Waals surface area contributed by atoms with Crippen LogP contribution in [0, 0.1) is 0 Å². The molecule has 5 heteroatoms. The van der Waals surface area contributed by atoms with Gasteiger partial charge in [0.2, 0.25) is 5.91 Å². The Morgan fingerprint density at radius 1 is 1.53 bits per heavy atom. The van der Waals surface area contributed by atoms with Crippen LogP contribution >= 0.6 is 15.9 Å². The highest BCUT2D eigenvalue weighted by atomic mass is 79.9. The number of rotatable bonds is 5. The number of carbonyl (C=O) groups is 1. The molecule has 0 radical (unpaired) electrons. The summed E-state index contributed by atoms with van der Waals surface area (Å²) in [6.07, 6.45) is 1.33. The van der Waals surface area contributed by atoms with Crippen molar-refractivity contribution < 1.29 is 9.53 Å². The van der Waals surface area contributed by atoms with Crippen LogP contribution in [0.25, 0.3) is 0 Å². The Labute approximate surface area is 122 Å². The number of carbonyl (C=O) groups excluding carboxylic acids is 1. The van der Waals surface area contributed by atoms with Crippen LogP contribution in [0.4, 0.5) is 0 Å². The zero-order chi connectivity index (χ0) is 13.5. The van der Waals surface area contributed by atoms with Crippen molar-refractivity contribution in [2.45, 2.75) is 18.9 Å². The molecule has 2 rings (SSSR count). The smallest absolute Gasteiger partial charge is 0.221 e.